The molecule has 5 heteroatoms. The van der Waals surface area contributed by atoms with E-state index in [0.717, 1.165) is 42.2 Å². The van der Waals surface area contributed by atoms with E-state index >= 15 is 0 Å². The number of benzene rings is 1. The fourth-order valence-corrected chi connectivity index (χ4v) is 3.13. The van der Waals surface area contributed by atoms with Crippen LogP contribution in [0.1, 0.15) is 18.9 Å². The molecule has 0 aromatic heterocycles. The summed E-state index contributed by atoms with van der Waals surface area (Å²) in [5.74, 6) is 1.54. The van der Waals surface area contributed by atoms with Crippen molar-refractivity contribution in [2.75, 3.05) is 33.9 Å². The van der Waals surface area contributed by atoms with Gasteiger partial charge in [0.25, 0.3) is 0 Å². The molecule has 0 aliphatic carbocycles. The van der Waals surface area contributed by atoms with Gasteiger partial charge in [0, 0.05) is 23.6 Å². The fraction of sp³-hybridized carbons (Fsp3) is 0.600. The highest BCUT2D eigenvalue weighted by atomic mass is 79.9. The molecule has 1 aliphatic rings. The molecule has 1 saturated heterocycles. The van der Waals surface area contributed by atoms with Crippen molar-refractivity contribution < 1.29 is 9.47 Å². The van der Waals surface area contributed by atoms with Crippen molar-refractivity contribution in [2.45, 2.75) is 25.9 Å². The lowest BCUT2D eigenvalue weighted by atomic mass is 10.1. The van der Waals surface area contributed by atoms with Crippen LogP contribution < -0.4 is 14.8 Å². The molecule has 1 aromatic rings. The smallest absolute Gasteiger partial charge is 0.161 e. The number of hydrogen-bond acceptors (Lipinski definition) is 4. The van der Waals surface area contributed by atoms with Crippen LogP contribution in [0.25, 0.3) is 0 Å². The molecule has 0 bridgehead atoms. The number of methoxy groups -OCH3 is 2. The maximum atomic E-state index is 5.40. The average Bonchev–Trinajstić information content (AvgIpc) is 2.99. The van der Waals surface area contributed by atoms with Gasteiger partial charge in [0.15, 0.2) is 11.5 Å². The Kier molecular flexibility index (Phi) is 5.69. The molecule has 1 heterocycles. The molecule has 1 N–H and O–H groups in total. The number of nitrogens with one attached hydrogen (secondary N) is 1. The first-order valence-electron chi connectivity index (χ1n) is 7.04. The summed E-state index contributed by atoms with van der Waals surface area (Å²) in [5.41, 5.74) is 1.23. The fourth-order valence-electron chi connectivity index (χ4n) is 2.69. The molecular formula is C15H23BrN2O2. The van der Waals surface area contributed by atoms with Gasteiger partial charge in [-0.15, -0.1) is 0 Å². The Morgan fingerprint density at radius 3 is 2.55 bits per heavy atom. The molecule has 4 nitrogen and oxygen atoms in total. The van der Waals surface area contributed by atoms with Crippen molar-refractivity contribution in [1.29, 1.82) is 0 Å². The minimum absolute atomic E-state index is 0.625. The van der Waals surface area contributed by atoms with Crippen molar-refractivity contribution in [3.05, 3.63) is 22.2 Å². The molecule has 1 fully saturated rings. The first kappa shape index (κ1) is 15.6. The Morgan fingerprint density at radius 2 is 2.00 bits per heavy atom. The molecule has 0 saturated carbocycles. The van der Waals surface area contributed by atoms with E-state index in [-0.39, 0.29) is 0 Å². The lowest BCUT2D eigenvalue weighted by Crippen LogP contribution is -2.36. The van der Waals surface area contributed by atoms with Gasteiger partial charge in [0.05, 0.1) is 14.2 Å². The summed E-state index contributed by atoms with van der Waals surface area (Å²) in [5, 5.41) is 3.43. The molecule has 1 atom stereocenters. The van der Waals surface area contributed by atoms with Crippen molar-refractivity contribution in [2.24, 2.45) is 0 Å². The number of nitrogens with zero attached hydrogens (tertiary/aromatic N) is 1. The predicted octanol–water partition coefficient (Wildman–Crippen LogP) is 2.65. The Hall–Kier alpha value is -0.780. The SMILES string of the molecule is CCN(Cc1cc(OC)c(OC)cc1Br)C1CCNC1. The summed E-state index contributed by atoms with van der Waals surface area (Å²) in [7, 11) is 3.33. The molecule has 20 heavy (non-hydrogen) atoms. The van der Waals surface area contributed by atoms with Crippen LogP contribution in [0.3, 0.4) is 0 Å². The molecule has 2 rings (SSSR count). The predicted molar refractivity (Wildman–Crippen MR) is 84.6 cm³/mol. The monoisotopic (exact) mass is 342 g/mol. The van der Waals surface area contributed by atoms with Gasteiger partial charge in [-0.3, -0.25) is 4.90 Å². The van der Waals surface area contributed by atoms with E-state index in [2.05, 4.69) is 39.1 Å². The first-order chi connectivity index (χ1) is 9.69. The molecule has 0 radical (unpaired) electrons. The second-order valence-electron chi connectivity index (χ2n) is 5.01. The van der Waals surface area contributed by atoms with Crippen molar-refractivity contribution in [1.82, 2.24) is 10.2 Å². The highest BCUT2D eigenvalue weighted by Gasteiger charge is 2.22. The maximum Gasteiger partial charge on any atom is 0.161 e. The minimum atomic E-state index is 0.625. The van der Waals surface area contributed by atoms with Crippen LogP contribution in [-0.2, 0) is 6.54 Å². The van der Waals surface area contributed by atoms with Gasteiger partial charge in [-0.2, -0.15) is 0 Å². The van der Waals surface area contributed by atoms with E-state index in [9.17, 15) is 0 Å². The van der Waals surface area contributed by atoms with Crippen LogP contribution in [0, 0.1) is 0 Å². The van der Waals surface area contributed by atoms with Crippen molar-refractivity contribution in [3.63, 3.8) is 0 Å². The summed E-state index contributed by atoms with van der Waals surface area (Å²) < 4.78 is 11.8. The lowest BCUT2D eigenvalue weighted by Gasteiger charge is -2.27. The second kappa shape index (κ2) is 7.29. The zero-order valence-corrected chi connectivity index (χ0v) is 14.0. The molecule has 1 aromatic carbocycles. The Labute approximate surface area is 129 Å². The van der Waals surface area contributed by atoms with Gasteiger partial charge in [0.1, 0.15) is 0 Å². The van der Waals surface area contributed by atoms with Crippen LogP contribution in [-0.4, -0.2) is 44.8 Å². The number of likely N-dealkylation sites (N-methyl/N-ethyl adjacent to an activating group) is 1. The largest absolute Gasteiger partial charge is 0.493 e. The number of ether oxygens (including phenoxy) is 2. The van der Waals surface area contributed by atoms with E-state index in [1.165, 1.54) is 12.0 Å². The third kappa shape index (κ3) is 3.45. The Morgan fingerprint density at radius 1 is 1.30 bits per heavy atom. The molecule has 1 unspecified atom stereocenters. The lowest BCUT2D eigenvalue weighted by molar-refractivity contribution is 0.209. The zero-order chi connectivity index (χ0) is 14.5. The van der Waals surface area contributed by atoms with Crippen LogP contribution in [0.15, 0.2) is 16.6 Å². The van der Waals surface area contributed by atoms with Crippen molar-refractivity contribution in [3.8, 4) is 11.5 Å². The molecule has 0 amide bonds. The van der Waals surface area contributed by atoms with Gasteiger partial charge in [0.2, 0.25) is 0 Å². The van der Waals surface area contributed by atoms with E-state index in [1.54, 1.807) is 14.2 Å². The third-order valence-electron chi connectivity index (χ3n) is 3.88. The van der Waals surface area contributed by atoms with Crippen LogP contribution in [0.2, 0.25) is 0 Å². The van der Waals surface area contributed by atoms with E-state index < -0.39 is 0 Å². The van der Waals surface area contributed by atoms with Gasteiger partial charge >= 0.3 is 0 Å². The summed E-state index contributed by atoms with van der Waals surface area (Å²) in [4.78, 5) is 2.51. The number of rotatable bonds is 6. The van der Waals surface area contributed by atoms with E-state index in [1.807, 2.05) is 6.07 Å². The standard InChI is InChI=1S/C15H23BrN2O2/c1-4-18(12-5-6-17-9-12)10-11-7-14(19-2)15(20-3)8-13(11)16/h7-8,12,17H,4-6,9-10H2,1-3H3. The summed E-state index contributed by atoms with van der Waals surface area (Å²) in [6.45, 7) is 6.39. The van der Waals surface area contributed by atoms with E-state index in [4.69, 9.17) is 9.47 Å². The van der Waals surface area contributed by atoms with Gasteiger partial charge in [-0.25, -0.2) is 0 Å². The topological polar surface area (TPSA) is 33.7 Å². The third-order valence-corrected chi connectivity index (χ3v) is 4.62. The average molecular weight is 343 g/mol. The highest BCUT2D eigenvalue weighted by Crippen LogP contribution is 2.34. The normalized spacial score (nSPS) is 18.6. The molecule has 1 aliphatic heterocycles. The minimum Gasteiger partial charge on any atom is -0.493 e. The maximum absolute atomic E-state index is 5.40. The first-order valence-corrected chi connectivity index (χ1v) is 7.84. The summed E-state index contributed by atoms with van der Waals surface area (Å²) in [6.07, 6.45) is 1.22. The quantitative estimate of drug-likeness (QED) is 0.861. The van der Waals surface area contributed by atoms with Crippen molar-refractivity contribution >= 4 is 15.9 Å². The zero-order valence-electron chi connectivity index (χ0n) is 12.4. The van der Waals surface area contributed by atoms with Crippen LogP contribution in [0.5, 0.6) is 11.5 Å². The number of halogens is 1. The van der Waals surface area contributed by atoms with Crippen LogP contribution >= 0.6 is 15.9 Å². The molecule has 112 valence electrons. The Balaban J connectivity index is 2.18. The summed E-state index contributed by atoms with van der Waals surface area (Å²) >= 11 is 3.64. The van der Waals surface area contributed by atoms with Gasteiger partial charge in [-0.05, 0) is 37.2 Å². The van der Waals surface area contributed by atoms with E-state index in [0.29, 0.717) is 6.04 Å². The molecular weight excluding hydrogens is 320 g/mol. The highest BCUT2D eigenvalue weighted by molar-refractivity contribution is 9.10. The van der Waals surface area contributed by atoms with Gasteiger partial charge < -0.3 is 14.8 Å². The second-order valence-corrected chi connectivity index (χ2v) is 5.86. The van der Waals surface area contributed by atoms with Crippen LogP contribution in [0.4, 0.5) is 0 Å². The van der Waals surface area contributed by atoms with Gasteiger partial charge in [-0.1, -0.05) is 22.9 Å². The summed E-state index contributed by atoms with van der Waals surface area (Å²) in [6, 6.07) is 4.67. The number of hydrogen-bond donors (Lipinski definition) is 1. The molecule has 0 spiro atoms. The Bertz CT molecular complexity index is 448.